The lowest BCUT2D eigenvalue weighted by Gasteiger charge is -2.12. The van der Waals surface area contributed by atoms with Gasteiger partial charge in [-0.05, 0) is 31.2 Å². The molecule has 1 unspecified atom stereocenters. The summed E-state index contributed by atoms with van der Waals surface area (Å²) in [5, 5.41) is 9.10. The molecule has 1 atom stereocenters. The summed E-state index contributed by atoms with van der Waals surface area (Å²) in [4.78, 5) is 29.0. The van der Waals surface area contributed by atoms with Crippen molar-refractivity contribution in [2.75, 3.05) is 0 Å². The summed E-state index contributed by atoms with van der Waals surface area (Å²) in [6, 6.07) is 0. The third-order valence-electron chi connectivity index (χ3n) is 3.04. The largest absolute Gasteiger partial charge is 0.481 e. The first-order valence-electron chi connectivity index (χ1n) is 5.48. The zero-order valence-corrected chi connectivity index (χ0v) is 9.12. The van der Waals surface area contributed by atoms with Crippen LogP contribution in [-0.4, -0.2) is 21.0 Å². The number of aliphatic carboxylic acids is 1. The molecule has 5 heteroatoms. The molecule has 1 heterocycles. The van der Waals surface area contributed by atoms with Crippen molar-refractivity contribution < 1.29 is 9.90 Å². The van der Waals surface area contributed by atoms with E-state index in [4.69, 9.17) is 5.11 Å². The van der Waals surface area contributed by atoms with Crippen molar-refractivity contribution in [1.82, 2.24) is 9.97 Å². The average molecular weight is 222 g/mol. The summed E-state index contributed by atoms with van der Waals surface area (Å²) in [6.45, 7) is 1.79. The van der Waals surface area contributed by atoms with E-state index in [0.717, 1.165) is 30.5 Å². The molecule has 0 radical (unpaired) electrons. The first-order valence-corrected chi connectivity index (χ1v) is 5.48. The van der Waals surface area contributed by atoms with Crippen molar-refractivity contribution in [2.45, 2.75) is 38.5 Å². The molecule has 16 heavy (non-hydrogen) atoms. The fourth-order valence-electron chi connectivity index (χ4n) is 2.27. The van der Waals surface area contributed by atoms with Gasteiger partial charge in [0, 0.05) is 5.69 Å². The molecule has 0 saturated heterocycles. The third-order valence-corrected chi connectivity index (χ3v) is 3.04. The lowest BCUT2D eigenvalue weighted by molar-refractivity contribution is -0.139. The van der Waals surface area contributed by atoms with E-state index in [2.05, 4.69) is 9.97 Å². The van der Waals surface area contributed by atoms with Gasteiger partial charge in [0.2, 0.25) is 0 Å². The molecule has 0 saturated carbocycles. The van der Waals surface area contributed by atoms with Crippen molar-refractivity contribution >= 4 is 5.97 Å². The molecule has 1 aromatic heterocycles. The minimum Gasteiger partial charge on any atom is -0.481 e. The number of aromatic amines is 1. The van der Waals surface area contributed by atoms with E-state index >= 15 is 0 Å². The monoisotopic (exact) mass is 222 g/mol. The zero-order chi connectivity index (χ0) is 11.7. The Bertz CT molecular complexity index is 479. The van der Waals surface area contributed by atoms with Crippen LogP contribution in [0.5, 0.6) is 0 Å². The van der Waals surface area contributed by atoms with Crippen LogP contribution in [0.3, 0.4) is 0 Å². The van der Waals surface area contributed by atoms with Crippen molar-refractivity contribution in [3.63, 3.8) is 0 Å². The molecule has 1 aliphatic rings. The van der Waals surface area contributed by atoms with Gasteiger partial charge in [0.05, 0.1) is 11.6 Å². The normalized spacial score (nSPS) is 15.8. The van der Waals surface area contributed by atoms with Crippen LogP contribution in [0.25, 0.3) is 0 Å². The second-order valence-electron chi connectivity index (χ2n) is 4.04. The van der Waals surface area contributed by atoms with Gasteiger partial charge in [-0.1, -0.05) is 6.92 Å². The van der Waals surface area contributed by atoms with Crippen LogP contribution in [0.2, 0.25) is 0 Å². The molecule has 2 rings (SSSR count). The van der Waals surface area contributed by atoms with E-state index in [-0.39, 0.29) is 0 Å². The molecule has 0 fully saturated rings. The number of hydrogen-bond acceptors (Lipinski definition) is 3. The highest BCUT2D eigenvalue weighted by Gasteiger charge is 2.26. The Morgan fingerprint density at radius 3 is 2.94 bits per heavy atom. The molecule has 0 spiro atoms. The molecule has 0 bridgehead atoms. The number of hydrogen-bond donors (Lipinski definition) is 2. The molecule has 1 aromatic rings. The number of aromatic nitrogens is 2. The number of carboxylic acid groups (broad SMARTS) is 1. The summed E-state index contributed by atoms with van der Waals surface area (Å²) in [5.74, 6) is -1.57. The second kappa shape index (κ2) is 4.08. The molecule has 0 aromatic carbocycles. The van der Waals surface area contributed by atoms with Crippen molar-refractivity contribution in [2.24, 2.45) is 0 Å². The first-order chi connectivity index (χ1) is 7.63. The Morgan fingerprint density at radius 2 is 2.31 bits per heavy atom. The predicted octanol–water partition coefficient (Wildman–Crippen LogP) is 0.837. The van der Waals surface area contributed by atoms with E-state index in [9.17, 15) is 9.59 Å². The number of fused-ring (bicyclic) bond motifs is 1. The van der Waals surface area contributed by atoms with Gasteiger partial charge in [0.1, 0.15) is 0 Å². The SMILES string of the molecule is CCC(C(=O)O)c1nc(=O)[nH]c2c1CCC2. The van der Waals surface area contributed by atoms with E-state index in [1.807, 2.05) is 0 Å². The van der Waals surface area contributed by atoms with Crippen LogP contribution in [0, 0.1) is 0 Å². The summed E-state index contributed by atoms with van der Waals surface area (Å²) in [6.07, 6.45) is 3.05. The molecule has 1 aliphatic carbocycles. The molecular weight excluding hydrogens is 208 g/mol. The van der Waals surface area contributed by atoms with E-state index < -0.39 is 17.6 Å². The zero-order valence-electron chi connectivity index (χ0n) is 9.12. The highest BCUT2D eigenvalue weighted by atomic mass is 16.4. The summed E-state index contributed by atoms with van der Waals surface area (Å²) in [5.41, 5.74) is 1.84. The molecule has 86 valence electrons. The van der Waals surface area contributed by atoms with Gasteiger partial charge in [-0.15, -0.1) is 0 Å². The predicted molar refractivity (Wildman–Crippen MR) is 57.6 cm³/mol. The molecule has 2 N–H and O–H groups in total. The number of carbonyl (C=O) groups is 1. The maximum atomic E-state index is 11.3. The van der Waals surface area contributed by atoms with Gasteiger partial charge < -0.3 is 10.1 Å². The van der Waals surface area contributed by atoms with Crippen molar-refractivity contribution in [3.8, 4) is 0 Å². The Balaban J connectivity index is 2.55. The maximum absolute atomic E-state index is 11.3. The van der Waals surface area contributed by atoms with Gasteiger partial charge in [-0.25, -0.2) is 4.79 Å². The number of nitrogens with one attached hydrogen (secondary N) is 1. The first kappa shape index (κ1) is 10.9. The number of H-pyrrole nitrogens is 1. The van der Waals surface area contributed by atoms with Crippen molar-refractivity contribution in [1.29, 1.82) is 0 Å². The Labute approximate surface area is 92.5 Å². The second-order valence-corrected chi connectivity index (χ2v) is 4.04. The number of carboxylic acids is 1. The van der Waals surface area contributed by atoms with Crippen LogP contribution in [0.15, 0.2) is 4.79 Å². The van der Waals surface area contributed by atoms with Crippen LogP contribution < -0.4 is 5.69 Å². The fourth-order valence-corrected chi connectivity index (χ4v) is 2.27. The Kier molecular flexibility index (Phi) is 2.77. The highest BCUT2D eigenvalue weighted by Crippen LogP contribution is 2.27. The molecule has 0 aliphatic heterocycles. The lowest BCUT2D eigenvalue weighted by Crippen LogP contribution is -2.22. The number of aryl methyl sites for hydroxylation is 1. The maximum Gasteiger partial charge on any atom is 0.345 e. The third kappa shape index (κ3) is 1.73. The smallest absolute Gasteiger partial charge is 0.345 e. The fraction of sp³-hybridized carbons (Fsp3) is 0.545. The lowest BCUT2D eigenvalue weighted by atomic mass is 9.97. The van der Waals surface area contributed by atoms with Crippen LogP contribution in [-0.2, 0) is 17.6 Å². The minimum absolute atomic E-state index is 0.435. The van der Waals surface area contributed by atoms with Crippen LogP contribution in [0.1, 0.15) is 42.6 Å². The summed E-state index contributed by atoms with van der Waals surface area (Å²) in [7, 11) is 0. The van der Waals surface area contributed by atoms with E-state index in [0.29, 0.717) is 12.1 Å². The quantitative estimate of drug-likeness (QED) is 0.793. The van der Waals surface area contributed by atoms with E-state index in [1.165, 1.54) is 0 Å². The molecule has 0 amide bonds. The molecular formula is C11H14N2O3. The highest BCUT2D eigenvalue weighted by molar-refractivity contribution is 5.76. The topological polar surface area (TPSA) is 83.0 Å². The van der Waals surface area contributed by atoms with Crippen molar-refractivity contribution in [3.05, 3.63) is 27.4 Å². The van der Waals surface area contributed by atoms with Gasteiger partial charge in [-0.3, -0.25) is 4.79 Å². The van der Waals surface area contributed by atoms with E-state index in [1.54, 1.807) is 6.92 Å². The van der Waals surface area contributed by atoms with Gasteiger partial charge in [-0.2, -0.15) is 4.98 Å². The number of nitrogens with zero attached hydrogens (tertiary/aromatic N) is 1. The minimum atomic E-state index is -0.908. The molecule has 5 nitrogen and oxygen atoms in total. The van der Waals surface area contributed by atoms with Gasteiger partial charge in [0.15, 0.2) is 0 Å². The number of rotatable bonds is 3. The van der Waals surface area contributed by atoms with Gasteiger partial charge >= 0.3 is 11.7 Å². The summed E-state index contributed by atoms with van der Waals surface area (Å²) >= 11 is 0. The average Bonchev–Trinajstić information content (AvgIpc) is 2.65. The van der Waals surface area contributed by atoms with Gasteiger partial charge in [0.25, 0.3) is 0 Å². The van der Waals surface area contributed by atoms with Crippen LogP contribution in [0.4, 0.5) is 0 Å². The Hall–Kier alpha value is -1.65. The van der Waals surface area contributed by atoms with Crippen LogP contribution >= 0.6 is 0 Å². The summed E-state index contributed by atoms with van der Waals surface area (Å²) < 4.78 is 0. The standard InChI is InChI=1S/C11H14N2O3/c1-2-6(10(14)15)9-7-4-3-5-8(7)12-11(16)13-9/h6H,2-5H2,1H3,(H,14,15)(H,12,13,16). The Morgan fingerprint density at radius 1 is 1.56 bits per heavy atom.